The molecule has 6 heteroatoms. The predicted molar refractivity (Wildman–Crippen MR) is 81.3 cm³/mol. The van der Waals surface area contributed by atoms with Crippen LogP contribution in [0.2, 0.25) is 5.02 Å². The third kappa shape index (κ3) is 2.51. The number of aromatic nitrogens is 4. The second-order valence-corrected chi connectivity index (χ2v) is 5.85. The molecular weight excluding hydrogens is 292 g/mol. The maximum atomic E-state index is 6.17. The van der Waals surface area contributed by atoms with Crippen molar-refractivity contribution in [2.24, 2.45) is 0 Å². The van der Waals surface area contributed by atoms with Gasteiger partial charge >= 0.3 is 0 Å². The number of nitrogens with zero attached hydrogens (tertiary/aromatic N) is 4. The summed E-state index contributed by atoms with van der Waals surface area (Å²) in [4.78, 5) is 4.45. The maximum absolute atomic E-state index is 6.17. The van der Waals surface area contributed by atoms with E-state index in [1.54, 1.807) is 11.8 Å². The number of halogens is 1. The van der Waals surface area contributed by atoms with Crippen LogP contribution in [0.3, 0.4) is 0 Å². The van der Waals surface area contributed by atoms with Crippen LogP contribution in [0.4, 0.5) is 0 Å². The number of fused-ring (bicyclic) bond motifs is 1. The molecule has 0 bridgehead atoms. The monoisotopic (exact) mass is 304 g/mol. The molecule has 1 aromatic carbocycles. The summed E-state index contributed by atoms with van der Waals surface area (Å²) in [5.74, 6) is 1.65. The summed E-state index contributed by atoms with van der Waals surface area (Å²) in [5.41, 5.74) is 2.87. The minimum atomic E-state index is 0.758. The van der Waals surface area contributed by atoms with Crippen LogP contribution < -0.4 is 0 Å². The molecule has 0 amide bonds. The summed E-state index contributed by atoms with van der Waals surface area (Å²) in [6.45, 7) is 3.92. The van der Waals surface area contributed by atoms with Crippen LogP contribution in [0.1, 0.15) is 17.1 Å². The van der Waals surface area contributed by atoms with Gasteiger partial charge in [0.05, 0.1) is 0 Å². The normalized spacial score (nSPS) is 11.2. The molecule has 2 heterocycles. The van der Waals surface area contributed by atoms with Crippen LogP contribution >= 0.6 is 23.4 Å². The molecule has 0 aliphatic carbocycles. The molecule has 0 saturated heterocycles. The molecule has 0 fully saturated rings. The fourth-order valence-corrected chi connectivity index (χ4v) is 3.33. The van der Waals surface area contributed by atoms with Crippen molar-refractivity contribution in [1.29, 1.82) is 0 Å². The molecular formula is C14H13ClN4S. The van der Waals surface area contributed by atoms with Crippen LogP contribution in [-0.2, 0) is 5.75 Å². The van der Waals surface area contributed by atoms with Crippen molar-refractivity contribution >= 4 is 29.0 Å². The summed E-state index contributed by atoms with van der Waals surface area (Å²) in [7, 11) is 0. The molecule has 0 radical (unpaired) electrons. The van der Waals surface area contributed by atoms with Crippen LogP contribution in [0.5, 0.6) is 0 Å². The molecule has 0 aliphatic heterocycles. The number of hydrogen-bond donors (Lipinski definition) is 0. The molecule has 0 saturated carbocycles. The van der Waals surface area contributed by atoms with Gasteiger partial charge in [-0.05, 0) is 25.5 Å². The lowest BCUT2D eigenvalue weighted by Gasteiger charge is -2.05. The highest BCUT2D eigenvalue weighted by molar-refractivity contribution is 7.98. The molecule has 2 aromatic heterocycles. The van der Waals surface area contributed by atoms with Gasteiger partial charge in [0.1, 0.15) is 5.82 Å². The van der Waals surface area contributed by atoms with Crippen molar-refractivity contribution in [3.05, 3.63) is 52.4 Å². The molecule has 0 spiro atoms. The van der Waals surface area contributed by atoms with E-state index >= 15 is 0 Å². The van der Waals surface area contributed by atoms with Gasteiger partial charge < -0.3 is 0 Å². The second-order valence-electron chi connectivity index (χ2n) is 4.50. The summed E-state index contributed by atoms with van der Waals surface area (Å²) >= 11 is 7.77. The van der Waals surface area contributed by atoms with E-state index in [-0.39, 0.29) is 0 Å². The second kappa shape index (κ2) is 5.42. The molecule has 0 aliphatic rings. The van der Waals surface area contributed by atoms with E-state index in [9.17, 15) is 0 Å². The molecule has 4 nitrogen and oxygen atoms in total. The molecule has 0 atom stereocenters. The van der Waals surface area contributed by atoms with Gasteiger partial charge in [0.15, 0.2) is 10.8 Å². The lowest BCUT2D eigenvalue weighted by atomic mass is 10.2. The zero-order valence-electron chi connectivity index (χ0n) is 11.2. The summed E-state index contributed by atoms with van der Waals surface area (Å²) in [6, 6.07) is 9.77. The Bertz CT molecular complexity index is 769. The average Bonchev–Trinajstić information content (AvgIpc) is 2.81. The van der Waals surface area contributed by atoms with E-state index in [0.717, 1.165) is 38.7 Å². The van der Waals surface area contributed by atoms with Gasteiger partial charge in [0.2, 0.25) is 0 Å². The minimum Gasteiger partial charge on any atom is -0.258 e. The highest BCUT2D eigenvalue weighted by Crippen LogP contribution is 2.26. The Morgan fingerprint density at radius 3 is 2.80 bits per heavy atom. The van der Waals surface area contributed by atoms with Crippen LogP contribution in [-0.4, -0.2) is 19.6 Å². The molecule has 0 unspecified atom stereocenters. The SMILES string of the molecule is Cc1cc2nnc(SCc3ccccc3Cl)n2c(C)n1. The zero-order valence-corrected chi connectivity index (χ0v) is 12.7. The standard InChI is InChI=1S/C14H13ClN4S/c1-9-7-13-17-18-14(19(13)10(2)16-9)20-8-11-5-3-4-6-12(11)15/h3-7H,8H2,1-2H3. The van der Waals surface area contributed by atoms with Crippen LogP contribution in [0.15, 0.2) is 35.5 Å². The van der Waals surface area contributed by atoms with Crippen molar-refractivity contribution in [1.82, 2.24) is 19.6 Å². The first-order chi connectivity index (χ1) is 9.65. The Hall–Kier alpha value is -1.59. The zero-order chi connectivity index (χ0) is 14.1. The van der Waals surface area contributed by atoms with Crippen molar-refractivity contribution < 1.29 is 0 Å². The van der Waals surface area contributed by atoms with E-state index < -0.39 is 0 Å². The molecule has 0 N–H and O–H groups in total. The number of aryl methyl sites for hydroxylation is 2. The number of thioether (sulfide) groups is 1. The largest absolute Gasteiger partial charge is 0.258 e. The molecule has 3 aromatic rings. The van der Waals surface area contributed by atoms with Crippen LogP contribution in [0.25, 0.3) is 5.65 Å². The lowest BCUT2D eigenvalue weighted by Crippen LogP contribution is -1.98. The van der Waals surface area contributed by atoms with Gasteiger partial charge in [0, 0.05) is 22.5 Å². The molecule has 20 heavy (non-hydrogen) atoms. The smallest absolute Gasteiger partial charge is 0.197 e. The number of hydrogen-bond acceptors (Lipinski definition) is 4. The Morgan fingerprint density at radius 1 is 1.20 bits per heavy atom. The van der Waals surface area contributed by atoms with Crippen molar-refractivity contribution in [2.75, 3.05) is 0 Å². The van der Waals surface area contributed by atoms with E-state index in [4.69, 9.17) is 11.6 Å². The van der Waals surface area contributed by atoms with Gasteiger partial charge in [-0.3, -0.25) is 4.40 Å². The quantitative estimate of drug-likeness (QED) is 0.692. The third-order valence-electron chi connectivity index (χ3n) is 2.97. The van der Waals surface area contributed by atoms with Gasteiger partial charge in [0.25, 0.3) is 0 Å². The van der Waals surface area contributed by atoms with E-state index in [1.165, 1.54) is 0 Å². The summed E-state index contributed by atoms with van der Waals surface area (Å²) in [5, 5.41) is 10.0. The van der Waals surface area contributed by atoms with Gasteiger partial charge in [-0.1, -0.05) is 41.6 Å². The molecule has 3 rings (SSSR count). The van der Waals surface area contributed by atoms with Crippen molar-refractivity contribution in [3.63, 3.8) is 0 Å². The maximum Gasteiger partial charge on any atom is 0.197 e. The van der Waals surface area contributed by atoms with Crippen molar-refractivity contribution in [3.8, 4) is 0 Å². The van der Waals surface area contributed by atoms with E-state index in [2.05, 4.69) is 15.2 Å². The topological polar surface area (TPSA) is 43.1 Å². The van der Waals surface area contributed by atoms with Gasteiger partial charge in [-0.2, -0.15) is 0 Å². The predicted octanol–water partition coefficient (Wildman–Crippen LogP) is 3.69. The van der Waals surface area contributed by atoms with E-state index in [1.807, 2.05) is 48.6 Å². The van der Waals surface area contributed by atoms with Gasteiger partial charge in [-0.25, -0.2) is 4.98 Å². The van der Waals surface area contributed by atoms with Gasteiger partial charge in [-0.15, -0.1) is 10.2 Å². The average molecular weight is 305 g/mol. The van der Waals surface area contributed by atoms with E-state index in [0.29, 0.717) is 0 Å². The first-order valence-electron chi connectivity index (χ1n) is 6.21. The minimum absolute atomic E-state index is 0.758. The highest BCUT2D eigenvalue weighted by atomic mass is 35.5. The summed E-state index contributed by atoms with van der Waals surface area (Å²) < 4.78 is 1.97. The third-order valence-corrected chi connectivity index (χ3v) is 4.32. The lowest BCUT2D eigenvalue weighted by molar-refractivity contribution is 0.854. The fraction of sp³-hybridized carbons (Fsp3) is 0.214. The Morgan fingerprint density at radius 2 is 2.00 bits per heavy atom. The van der Waals surface area contributed by atoms with Crippen molar-refractivity contribution in [2.45, 2.75) is 24.8 Å². The Labute approximate surface area is 126 Å². The number of benzene rings is 1. The first kappa shape index (κ1) is 13.4. The highest BCUT2D eigenvalue weighted by Gasteiger charge is 2.10. The number of rotatable bonds is 3. The Kier molecular flexibility index (Phi) is 3.63. The van der Waals surface area contributed by atoms with Crippen LogP contribution in [0, 0.1) is 13.8 Å². The summed E-state index contributed by atoms with van der Waals surface area (Å²) in [6.07, 6.45) is 0. The molecule has 102 valence electrons. The first-order valence-corrected chi connectivity index (χ1v) is 7.57. The fourth-order valence-electron chi connectivity index (χ4n) is 2.05. The Balaban J connectivity index is 1.90.